The van der Waals surface area contributed by atoms with Gasteiger partial charge in [0.25, 0.3) is 11.8 Å². The number of benzene rings is 6. The normalized spacial score (nSPS) is 11.6. The van der Waals surface area contributed by atoms with Gasteiger partial charge in [0.05, 0.1) is 42.6 Å². The van der Waals surface area contributed by atoms with E-state index in [2.05, 4.69) is 21.3 Å². The summed E-state index contributed by atoms with van der Waals surface area (Å²) in [7, 11) is -7.79. The molecule has 4 amide bonds. The molecule has 0 bridgehead atoms. The molecule has 0 saturated heterocycles. The van der Waals surface area contributed by atoms with E-state index < -0.39 is 54.3 Å². The minimum absolute atomic E-state index is 0.0122. The van der Waals surface area contributed by atoms with Gasteiger partial charge in [0.15, 0.2) is 19.7 Å². The van der Waals surface area contributed by atoms with E-state index in [9.17, 15) is 46.2 Å². The molecule has 0 aliphatic rings. The van der Waals surface area contributed by atoms with Crippen molar-refractivity contribution in [3.63, 3.8) is 0 Å². The summed E-state index contributed by atoms with van der Waals surface area (Å²) in [5.74, 6) is -4.01. The number of carbonyl (C=O) groups is 4. The summed E-state index contributed by atoms with van der Waals surface area (Å²) in [4.78, 5) is 49.5. The maximum atomic E-state index is 12.8. The summed E-state index contributed by atoms with van der Waals surface area (Å²) < 4.78 is 50.5. The van der Waals surface area contributed by atoms with Crippen molar-refractivity contribution in [2.75, 3.05) is 27.0 Å². The highest BCUT2D eigenvalue weighted by Gasteiger charge is 2.30. The number of rotatable bonds is 12. The Kier molecular flexibility index (Phi) is 15.4. The molecule has 1 unspecified atom stereocenters. The number of hydrogen-bond donors (Lipinski definition) is 6. The van der Waals surface area contributed by atoms with Gasteiger partial charge in [-0.3, -0.25) is 19.2 Å². The van der Waals surface area contributed by atoms with Crippen LogP contribution in [0, 0.1) is 13.8 Å². The summed E-state index contributed by atoms with van der Waals surface area (Å²) in [6, 6.07) is 34.1. The van der Waals surface area contributed by atoms with E-state index in [1.54, 1.807) is 98.8 Å². The fraction of sp³-hybridized carbons (Fsp3) is 0.111. The van der Waals surface area contributed by atoms with Crippen molar-refractivity contribution >= 4 is 89.3 Å². The first-order valence-corrected chi connectivity index (χ1v) is 22.7. The molecule has 0 fully saturated rings. The molecular weight excluding hydrogens is 892 g/mol. The van der Waals surface area contributed by atoms with E-state index in [1.165, 1.54) is 43.3 Å². The van der Waals surface area contributed by atoms with E-state index >= 15 is 0 Å². The average Bonchev–Trinajstić information content (AvgIpc) is 3.24. The molecule has 14 nitrogen and oxygen atoms in total. The van der Waals surface area contributed by atoms with Gasteiger partial charge in [0, 0.05) is 23.3 Å². The maximum absolute atomic E-state index is 12.8. The van der Waals surface area contributed by atoms with Crippen LogP contribution in [0.2, 0.25) is 10.0 Å². The van der Waals surface area contributed by atoms with Crippen molar-refractivity contribution < 1.29 is 46.2 Å². The lowest BCUT2D eigenvalue weighted by Gasteiger charge is -2.16. The fourth-order valence-electron chi connectivity index (χ4n) is 5.71. The van der Waals surface area contributed by atoms with Crippen LogP contribution in [0.25, 0.3) is 0 Å². The molecule has 6 aromatic carbocycles. The second-order valence-electron chi connectivity index (χ2n) is 14.0. The van der Waals surface area contributed by atoms with Gasteiger partial charge in [0.2, 0.25) is 11.8 Å². The van der Waals surface area contributed by atoms with Crippen LogP contribution in [0.3, 0.4) is 0 Å². The first kappa shape index (κ1) is 47.3. The monoisotopic (exact) mass is 930 g/mol. The van der Waals surface area contributed by atoms with Crippen LogP contribution in [0.15, 0.2) is 143 Å². The molecule has 0 aliphatic carbocycles. The summed E-state index contributed by atoms with van der Waals surface area (Å²) in [6.07, 6.45) is 0. The molecule has 63 heavy (non-hydrogen) atoms. The third-order valence-electron chi connectivity index (χ3n) is 9.09. The zero-order chi connectivity index (χ0) is 46.1. The highest BCUT2D eigenvalue weighted by Crippen LogP contribution is 2.36. The summed E-state index contributed by atoms with van der Waals surface area (Å²) >= 11 is 12.4. The van der Waals surface area contributed by atoms with Gasteiger partial charge in [0.1, 0.15) is 22.5 Å². The molecular formula is C45H40Cl2N4O10S2. The van der Waals surface area contributed by atoms with Crippen molar-refractivity contribution in [2.24, 2.45) is 0 Å². The van der Waals surface area contributed by atoms with Gasteiger partial charge in [-0.15, -0.1) is 0 Å². The van der Waals surface area contributed by atoms with E-state index in [0.29, 0.717) is 11.1 Å². The number of aryl methyl sites for hydroxylation is 2. The largest absolute Gasteiger partial charge is 0.506 e. The third-order valence-corrected chi connectivity index (χ3v) is 13.4. The maximum Gasteiger partial charge on any atom is 0.255 e. The number of halogens is 2. The predicted octanol–water partition coefficient (Wildman–Crippen LogP) is 8.43. The van der Waals surface area contributed by atoms with Gasteiger partial charge >= 0.3 is 0 Å². The van der Waals surface area contributed by atoms with Crippen molar-refractivity contribution in [3.8, 4) is 11.5 Å². The predicted molar refractivity (Wildman–Crippen MR) is 243 cm³/mol. The van der Waals surface area contributed by atoms with E-state index in [4.69, 9.17) is 23.2 Å². The lowest BCUT2D eigenvalue weighted by Crippen LogP contribution is -2.32. The Morgan fingerprint density at radius 3 is 1.43 bits per heavy atom. The first-order chi connectivity index (χ1) is 29.7. The lowest BCUT2D eigenvalue weighted by atomic mass is 10.2. The van der Waals surface area contributed by atoms with Gasteiger partial charge in [-0.1, -0.05) is 83.9 Å². The number of anilines is 4. The zero-order valence-electron chi connectivity index (χ0n) is 33.7. The highest BCUT2D eigenvalue weighted by atomic mass is 35.5. The fourth-order valence-corrected chi connectivity index (χ4v) is 8.73. The van der Waals surface area contributed by atoms with Gasteiger partial charge in [-0.05, 0) is 92.6 Å². The quantitative estimate of drug-likeness (QED) is 0.0643. The Morgan fingerprint density at radius 2 is 0.968 bits per heavy atom. The van der Waals surface area contributed by atoms with Crippen molar-refractivity contribution in [1.82, 2.24) is 0 Å². The number of carbonyl (C=O) groups excluding carboxylic acids is 4. The number of hydrogen-bond acceptors (Lipinski definition) is 10. The summed E-state index contributed by atoms with van der Waals surface area (Å²) in [5.41, 5.74) is 2.39. The topological polar surface area (TPSA) is 225 Å². The molecule has 0 spiro atoms. The van der Waals surface area contributed by atoms with E-state index in [1.807, 2.05) is 0 Å². The second-order valence-corrected chi connectivity index (χ2v) is 19.0. The van der Waals surface area contributed by atoms with Crippen LogP contribution in [0.1, 0.15) is 38.8 Å². The average molecular weight is 932 g/mol. The molecule has 0 heterocycles. The molecule has 0 saturated carbocycles. The number of aromatic hydroxyl groups is 2. The molecule has 6 N–H and O–H groups in total. The van der Waals surface area contributed by atoms with E-state index in [0.717, 1.165) is 23.3 Å². The molecule has 6 aromatic rings. The molecule has 1 atom stereocenters. The second kappa shape index (κ2) is 20.4. The minimum atomic E-state index is -3.93. The molecule has 0 aliphatic heterocycles. The van der Waals surface area contributed by atoms with Crippen LogP contribution in [0.5, 0.6) is 11.5 Å². The third kappa shape index (κ3) is 12.4. The Balaban J connectivity index is 0.000000238. The Labute approximate surface area is 373 Å². The molecule has 18 heteroatoms. The van der Waals surface area contributed by atoms with Crippen LogP contribution < -0.4 is 21.3 Å². The lowest BCUT2D eigenvalue weighted by molar-refractivity contribution is -0.115. The highest BCUT2D eigenvalue weighted by molar-refractivity contribution is 7.93. The number of phenols is 2. The number of amides is 4. The SMILES string of the molecule is Cc1cccc(S(=O)(=O)C(C)C(=O)Nc2cc(O)c(NC(=O)c3ccccc3)cc2Cl)c1.Cc1cccc(S(=O)(=O)CC(=O)Nc2cc(O)c(NC(=O)c3ccccc3)cc2Cl)c1. The standard InChI is InChI=1S/C23H21ClN2O5S.C22H19ClN2O5S/c1-14-7-6-10-17(11-14)32(30,31)15(2)22(28)25-19-13-21(27)20(12-18(19)24)26-23(29)16-8-4-3-5-9-16;1-14-6-5-9-16(10-14)31(29,30)13-21(27)24-18-12-20(26)19(11-17(18)23)25-22(28)15-7-3-2-4-8-15/h3-13,15,27H,1-2H3,(H,25,28)(H,26,29);2-12,26H,13H2,1H3,(H,24,27)(H,25,28). The smallest absolute Gasteiger partial charge is 0.255 e. The van der Waals surface area contributed by atoms with E-state index in [-0.39, 0.29) is 54.1 Å². The van der Waals surface area contributed by atoms with Crippen LogP contribution in [0.4, 0.5) is 22.7 Å². The molecule has 0 radical (unpaired) electrons. The summed E-state index contributed by atoms with van der Waals surface area (Å²) in [5, 5.41) is 29.0. The van der Waals surface area contributed by atoms with Crippen LogP contribution >= 0.6 is 23.2 Å². The van der Waals surface area contributed by atoms with Crippen molar-refractivity contribution in [2.45, 2.75) is 35.8 Å². The van der Waals surface area contributed by atoms with Gasteiger partial charge in [-0.2, -0.15) is 0 Å². The van der Waals surface area contributed by atoms with Crippen LogP contribution in [-0.2, 0) is 29.3 Å². The first-order valence-electron chi connectivity index (χ1n) is 18.7. The van der Waals surface area contributed by atoms with Crippen LogP contribution in [-0.4, -0.2) is 61.7 Å². The summed E-state index contributed by atoms with van der Waals surface area (Å²) in [6.45, 7) is 4.78. The van der Waals surface area contributed by atoms with Gasteiger partial charge < -0.3 is 31.5 Å². The Morgan fingerprint density at radius 1 is 0.540 bits per heavy atom. The number of nitrogens with one attached hydrogen (secondary N) is 4. The molecule has 0 aromatic heterocycles. The van der Waals surface area contributed by atoms with Gasteiger partial charge in [-0.25, -0.2) is 16.8 Å². The molecule has 326 valence electrons. The van der Waals surface area contributed by atoms with Crippen molar-refractivity contribution in [1.29, 1.82) is 0 Å². The Bertz CT molecular complexity index is 2920. The number of phenolic OH excluding ortho intramolecular Hbond substituents is 2. The zero-order valence-corrected chi connectivity index (χ0v) is 36.9. The minimum Gasteiger partial charge on any atom is -0.506 e. The molecule has 6 rings (SSSR count). The van der Waals surface area contributed by atoms with Crippen molar-refractivity contribution in [3.05, 3.63) is 166 Å². The number of sulfone groups is 2. The Hall–Kier alpha value is -6.72.